The van der Waals surface area contributed by atoms with Gasteiger partial charge >= 0.3 is 6.09 Å². The molecule has 1 fully saturated rings. The van der Waals surface area contributed by atoms with Crippen LogP contribution in [0.1, 0.15) is 20.8 Å². The third-order valence-electron chi connectivity index (χ3n) is 3.53. The third kappa shape index (κ3) is 6.04. The van der Waals surface area contributed by atoms with E-state index in [0.717, 1.165) is 18.9 Å². The van der Waals surface area contributed by atoms with Crippen molar-refractivity contribution in [2.45, 2.75) is 26.4 Å². The van der Waals surface area contributed by atoms with Crippen molar-refractivity contribution in [3.05, 3.63) is 0 Å². The molecular weight excluding hydrogens is 300 g/mol. The molecule has 0 bridgehead atoms. The third-order valence-corrected chi connectivity index (χ3v) is 4.47. The number of carbonyl (C=O) groups excluding carboxylic acids is 1. The van der Waals surface area contributed by atoms with E-state index in [2.05, 4.69) is 15.2 Å². The zero-order valence-electron chi connectivity index (χ0n) is 13.9. The molecule has 0 aromatic rings. The maximum Gasteiger partial charge on any atom is 0.410 e. The molecule has 0 radical (unpaired) electrons. The summed E-state index contributed by atoms with van der Waals surface area (Å²) < 4.78 is 5.42. The lowest BCUT2D eigenvalue weighted by Crippen LogP contribution is -2.48. The van der Waals surface area contributed by atoms with Crippen LogP contribution in [0.15, 0.2) is 4.99 Å². The standard InChI is InChI=1S/C15H28N4O2S/c1-15(2,3)21-14(20)19-7-5-17-13(12-19)16-4-6-18-8-10-22-11-9-18/h4-12H2,1-3H3,(H,16,17). The van der Waals surface area contributed by atoms with Crippen LogP contribution in [-0.4, -0.2) is 84.6 Å². The van der Waals surface area contributed by atoms with Crippen LogP contribution in [0.2, 0.25) is 0 Å². The maximum atomic E-state index is 12.1. The summed E-state index contributed by atoms with van der Waals surface area (Å²) >= 11 is 2.02. The van der Waals surface area contributed by atoms with E-state index >= 15 is 0 Å². The average molecular weight is 328 g/mol. The topological polar surface area (TPSA) is 57.2 Å². The van der Waals surface area contributed by atoms with Gasteiger partial charge in [-0.3, -0.25) is 14.8 Å². The number of hydrogen-bond donors (Lipinski definition) is 1. The largest absolute Gasteiger partial charge is 0.444 e. The van der Waals surface area contributed by atoms with Gasteiger partial charge in [0.1, 0.15) is 11.4 Å². The molecule has 0 saturated carbocycles. The lowest BCUT2D eigenvalue weighted by Gasteiger charge is -2.30. The number of aliphatic imine (C=N–C) groups is 1. The molecule has 0 atom stereocenters. The number of carbonyl (C=O) groups is 1. The Labute approximate surface area is 137 Å². The summed E-state index contributed by atoms with van der Waals surface area (Å²) in [6.07, 6.45) is -0.255. The Hall–Kier alpha value is -0.950. The minimum atomic E-state index is -0.453. The molecule has 2 heterocycles. The molecule has 126 valence electrons. The zero-order valence-corrected chi connectivity index (χ0v) is 14.7. The van der Waals surface area contributed by atoms with Crippen LogP contribution < -0.4 is 5.32 Å². The van der Waals surface area contributed by atoms with Crippen LogP contribution in [0, 0.1) is 0 Å². The molecule has 1 N–H and O–H groups in total. The molecule has 0 spiro atoms. The summed E-state index contributed by atoms with van der Waals surface area (Å²) in [5.74, 6) is 3.35. The Balaban J connectivity index is 1.71. The predicted octanol–water partition coefficient (Wildman–Crippen LogP) is 1.27. The van der Waals surface area contributed by atoms with Gasteiger partial charge in [0.15, 0.2) is 0 Å². The van der Waals surface area contributed by atoms with Gasteiger partial charge < -0.3 is 10.1 Å². The molecule has 7 heteroatoms. The Bertz CT molecular complexity index is 403. The first-order valence-corrected chi connectivity index (χ1v) is 9.15. The van der Waals surface area contributed by atoms with Crippen molar-refractivity contribution in [1.82, 2.24) is 15.1 Å². The van der Waals surface area contributed by atoms with Gasteiger partial charge in [-0.05, 0) is 20.8 Å². The first-order valence-electron chi connectivity index (χ1n) is 7.99. The number of hydrogen-bond acceptors (Lipinski definition) is 6. The summed E-state index contributed by atoms with van der Waals surface area (Å²) in [6, 6.07) is 0. The van der Waals surface area contributed by atoms with E-state index in [1.54, 1.807) is 4.90 Å². The number of nitrogens with zero attached hydrogens (tertiary/aromatic N) is 3. The van der Waals surface area contributed by atoms with Crippen molar-refractivity contribution >= 4 is 23.7 Å². The molecule has 0 aromatic heterocycles. The van der Waals surface area contributed by atoms with E-state index in [1.165, 1.54) is 24.6 Å². The van der Waals surface area contributed by atoms with Crippen LogP contribution in [0.25, 0.3) is 0 Å². The highest BCUT2D eigenvalue weighted by molar-refractivity contribution is 7.99. The summed E-state index contributed by atoms with van der Waals surface area (Å²) in [4.78, 5) is 20.8. The van der Waals surface area contributed by atoms with E-state index < -0.39 is 5.60 Å². The molecule has 2 aliphatic heterocycles. The average Bonchev–Trinajstić information content (AvgIpc) is 2.47. The Morgan fingerprint density at radius 1 is 1.32 bits per heavy atom. The zero-order chi connectivity index (χ0) is 16.0. The SMILES string of the molecule is CC(C)(C)OC(=O)N1CCN=C(NCCN2CCSCC2)C1. The van der Waals surface area contributed by atoms with Gasteiger partial charge in [0, 0.05) is 44.2 Å². The van der Waals surface area contributed by atoms with Crippen LogP contribution in [0.4, 0.5) is 4.79 Å². The summed E-state index contributed by atoms with van der Waals surface area (Å²) in [5, 5.41) is 3.37. The minimum Gasteiger partial charge on any atom is -0.444 e. The molecule has 0 unspecified atom stereocenters. The van der Waals surface area contributed by atoms with Crippen molar-refractivity contribution in [3.63, 3.8) is 0 Å². The van der Waals surface area contributed by atoms with E-state index in [0.29, 0.717) is 19.6 Å². The number of amides is 1. The normalized spacial score (nSPS) is 20.5. The first kappa shape index (κ1) is 17.4. The monoisotopic (exact) mass is 328 g/mol. The molecule has 2 rings (SSSR count). The number of amidine groups is 1. The van der Waals surface area contributed by atoms with Crippen LogP contribution >= 0.6 is 11.8 Å². The fourth-order valence-electron chi connectivity index (χ4n) is 2.39. The highest BCUT2D eigenvalue weighted by atomic mass is 32.2. The second-order valence-corrected chi connectivity index (χ2v) is 7.84. The van der Waals surface area contributed by atoms with Gasteiger partial charge in [-0.15, -0.1) is 0 Å². The second-order valence-electron chi connectivity index (χ2n) is 6.61. The molecule has 22 heavy (non-hydrogen) atoms. The highest BCUT2D eigenvalue weighted by Gasteiger charge is 2.24. The number of ether oxygens (including phenoxy) is 1. The minimum absolute atomic E-state index is 0.255. The molecule has 0 aromatic carbocycles. The molecule has 1 saturated heterocycles. The lowest BCUT2D eigenvalue weighted by atomic mass is 10.2. The molecular formula is C15H28N4O2S. The van der Waals surface area contributed by atoms with Crippen molar-refractivity contribution in [1.29, 1.82) is 0 Å². The number of rotatable bonds is 3. The number of thioether (sulfide) groups is 1. The predicted molar refractivity (Wildman–Crippen MR) is 91.9 cm³/mol. The molecule has 0 aliphatic carbocycles. The molecule has 6 nitrogen and oxygen atoms in total. The van der Waals surface area contributed by atoms with Crippen LogP contribution in [-0.2, 0) is 4.74 Å². The Kier molecular flexibility index (Phi) is 6.37. The van der Waals surface area contributed by atoms with Gasteiger partial charge in [0.05, 0.1) is 13.1 Å². The van der Waals surface area contributed by atoms with E-state index in [-0.39, 0.29) is 6.09 Å². The Morgan fingerprint density at radius 3 is 2.73 bits per heavy atom. The summed E-state index contributed by atoms with van der Waals surface area (Å²) in [6.45, 7) is 11.7. The summed E-state index contributed by atoms with van der Waals surface area (Å²) in [5.41, 5.74) is -0.453. The van der Waals surface area contributed by atoms with E-state index in [1.807, 2.05) is 32.5 Å². The molecule has 1 amide bonds. The lowest BCUT2D eigenvalue weighted by molar-refractivity contribution is 0.0276. The maximum absolute atomic E-state index is 12.1. The van der Waals surface area contributed by atoms with E-state index in [9.17, 15) is 4.79 Å². The quantitative estimate of drug-likeness (QED) is 0.846. The van der Waals surface area contributed by atoms with Crippen LogP contribution in [0.3, 0.4) is 0 Å². The van der Waals surface area contributed by atoms with Crippen molar-refractivity contribution < 1.29 is 9.53 Å². The van der Waals surface area contributed by atoms with Crippen molar-refractivity contribution in [3.8, 4) is 0 Å². The Morgan fingerprint density at radius 2 is 2.05 bits per heavy atom. The van der Waals surface area contributed by atoms with Gasteiger partial charge in [-0.25, -0.2) is 4.79 Å². The molecule has 2 aliphatic rings. The van der Waals surface area contributed by atoms with Gasteiger partial charge in [-0.1, -0.05) is 0 Å². The summed E-state index contributed by atoms with van der Waals surface area (Å²) in [7, 11) is 0. The number of nitrogens with one attached hydrogen (secondary N) is 1. The fourth-order valence-corrected chi connectivity index (χ4v) is 3.37. The van der Waals surface area contributed by atoms with Crippen LogP contribution in [0.5, 0.6) is 0 Å². The van der Waals surface area contributed by atoms with E-state index in [4.69, 9.17) is 4.74 Å². The van der Waals surface area contributed by atoms with Gasteiger partial charge in [0.25, 0.3) is 0 Å². The highest BCUT2D eigenvalue weighted by Crippen LogP contribution is 2.11. The van der Waals surface area contributed by atoms with Gasteiger partial charge in [-0.2, -0.15) is 11.8 Å². The van der Waals surface area contributed by atoms with Crippen molar-refractivity contribution in [2.24, 2.45) is 4.99 Å². The fraction of sp³-hybridized carbons (Fsp3) is 0.867. The second kappa shape index (κ2) is 8.06. The first-order chi connectivity index (χ1) is 10.4. The van der Waals surface area contributed by atoms with Gasteiger partial charge in [0.2, 0.25) is 0 Å². The smallest absolute Gasteiger partial charge is 0.410 e. The van der Waals surface area contributed by atoms with Crippen molar-refractivity contribution in [2.75, 3.05) is 57.3 Å².